The Morgan fingerprint density at radius 1 is 0.789 bits per heavy atom. The maximum absolute atomic E-state index is 9.40. The van der Waals surface area contributed by atoms with Crippen LogP contribution in [0.3, 0.4) is 0 Å². The summed E-state index contributed by atoms with van der Waals surface area (Å²) in [5.74, 6) is 0.0823. The number of phenolic OH excluding ortho intramolecular Hbond substituents is 2. The van der Waals surface area contributed by atoms with Gasteiger partial charge in [0.25, 0.3) is 0 Å². The lowest BCUT2D eigenvalue weighted by Crippen LogP contribution is -1.89. The van der Waals surface area contributed by atoms with Crippen LogP contribution in [-0.2, 0) is 6.42 Å². The van der Waals surface area contributed by atoms with E-state index in [2.05, 4.69) is 0 Å². The van der Waals surface area contributed by atoms with Gasteiger partial charge in [0.15, 0.2) is 0 Å². The van der Waals surface area contributed by atoms with E-state index in [4.69, 9.17) is 5.11 Å². The summed E-state index contributed by atoms with van der Waals surface area (Å²) in [6.07, 6.45) is 0.631. The second-order valence-corrected chi connectivity index (χ2v) is 3.91. The Morgan fingerprint density at radius 2 is 1.32 bits per heavy atom. The van der Waals surface area contributed by atoms with Crippen LogP contribution in [0.15, 0.2) is 42.5 Å². The lowest BCUT2D eigenvalue weighted by molar-refractivity contribution is 0.299. The van der Waals surface area contributed by atoms with Gasteiger partial charge in [0.05, 0.1) is 0 Å². The lowest BCUT2D eigenvalue weighted by atomic mass is 10.0. The van der Waals surface area contributed by atoms with Gasteiger partial charge in [-0.2, -0.15) is 0 Å². The summed E-state index contributed by atoms with van der Waals surface area (Å²) in [5.41, 5.74) is 2.73. The molecule has 0 fully saturated rings. The molecule has 3 heteroatoms. The molecule has 0 saturated carbocycles. The number of phenols is 2. The second-order valence-electron chi connectivity index (χ2n) is 3.91. The van der Waals surface area contributed by atoms with Crippen molar-refractivity contribution in [1.82, 2.24) is 0 Å². The molecule has 0 atom stereocenters. The molecule has 0 spiro atoms. The van der Waals surface area contributed by atoms with Gasteiger partial charge < -0.3 is 15.3 Å². The van der Waals surface area contributed by atoms with Gasteiger partial charge in [0, 0.05) is 12.7 Å². The molecule has 102 valence electrons. The molecular weight excluding hydrogens is 240 g/mol. The molecule has 0 amide bonds. The summed E-state index contributed by atoms with van der Waals surface area (Å²) in [6.45, 7) is 4.13. The van der Waals surface area contributed by atoms with Crippen molar-refractivity contribution in [3.05, 3.63) is 48.0 Å². The average molecular weight is 260 g/mol. The molecule has 2 aromatic carbocycles. The molecule has 2 rings (SSSR count). The van der Waals surface area contributed by atoms with Crippen LogP contribution in [0.1, 0.15) is 19.4 Å². The molecule has 3 nitrogen and oxygen atoms in total. The van der Waals surface area contributed by atoms with E-state index >= 15 is 0 Å². The van der Waals surface area contributed by atoms with E-state index in [1.54, 1.807) is 12.1 Å². The third-order valence-electron chi connectivity index (χ3n) is 2.59. The molecule has 0 unspecified atom stereocenters. The summed E-state index contributed by atoms with van der Waals surface area (Å²) in [4.78, 5) is 0. The number of aromatic hydroxyl groups is 2. The number of rotatable bonds is 3. The van der Waals surface area contributed by atoms with Crippen molar-refractivity contribution in [2.24, 2.45) is 0 Å². The van der Waals surface area contributed by atoms with Crippen LogP contribution >= 0.6 is 0 Å². The van der Waals surface area contributed by atoms with Crippen LogP contribution in [0, 0.1) is 0 Å². The highest BCUT2D eigenvalue weighted by Gasteiger charge is 2.02. The number of hydrogen-bond acceptors (Lipinski definition) is 3. The molecule has 0 aliphatic rings. The molecule has 0 aliphatic heterocycles. The second kappa shape index (κ2) is 7.44. The highest BCUT2D eigenvalue weighted by atomic mass is 16.3. The van der Waals surface area contributed by atoms with Gasteiger partial charge in [-0.05, 0) is 35.2 Å². The third-order valence-corrected chi connectivity index (χ3v) is 2.59. The van der Waals surface area contributed by atoms with Crippen molar-refractivity contribution in [3.8, 4) is 22.6 Å². The molecule has 0 radical (unpaired) electrons. The Morgan fingerprint density at radius 3 is 1.79 bits per heavy atom. The average Bonchev–Trinajstić information content (AvgIpc) is 2.41. The standard InChI is InChI=1S/C14H14O3.C2H6/c15-6-5-10-1-3-11(4-2-10)12-7-13(16)9-14(17)8-12;1-2/h1-4,7-9,15-17H,5-6H2;1-2H3. The predicted octanol–water partition coefficient (Wildman–Crippen LogP) is 3.33. The van der Waals surface area contributed by atoms with Gasteiger partial charge in [-0.15, -0.1) is 0 Å². The summed E-state index contributed by atoms with van der Waals surface area (Å²) < 4.78 is 0. The Balaban J connectivity index is 0.000000861. The van der Waals surface area contributed by atoms with E-state index in [0.717, 1.165) is 16.7 Å². The van der Waals surface area contributed by atoms with Crippen molar-refractivity contribution >= 4 is 0 Å². The van der Waals surface area contributed by atoms with E-state index < -0.39 is 0 Å². The normalized spacial score (nSPS) is 9.63. The van der Waals surface area contributed by atoms with Crippen LogP contribution in [-0.4, -0.2) is 21.9 Å². The Kier molecular flexibility index (Phi) is 5.90. The van der Waals surface area contributed by atoms with Gasteiger partial charge >= 0.3 is 0 Å². The summed E-state index contributed by atoms with van der Waals surface area (Å²) in [7, 11) is 0. The minimum Gasteiger partial charge on any atom is -0.508 e. The lowest BCUT2D eigenvalue weighted by Gasteiger charge is -2.05. The van der Waals surface area contributed by atoms with E-state index in [-0.39, 0.29) is 18.1 Å². The van der Waals surface area contributed by atoms with Crippen LogP contribution < -0.4 is 0 Å². The quantitative estimate of drug-likeness (QED) is 0.793. The van der Waals surface area contributed by atoms with E-state index in [9.17, 15) is 10.2 Å². The summed E-state index contributed by atoms with van der Waals surface area (Å²) in [5, 5.41) is 27.6. The first-order chi connectivity index (χ1) is 9.19. The monoisotopic (exact) mass is 260 g/mol. The van der Waals surface area contributed by atoms with Gasteiger partial charge in [-0.1, -0.05) is 38.1 Å². The Bertz CT molecular complexity index is 484. The van der Waals surface area contributed by atoms with E-state index in [1.165, 1.54) is 6.07 Å². The zero-order chi connectivity index (χ0) is 14.3. The van der Waals surface area contributed by atoms with Crippen LogP contribution in [0.4, 0.5) is 0 Å². The van der Waals surface area contributed by atoms with Crippen molar-refractivity contribution < 1.29 is 15.3 Å². The van der Waals surface area contributed by atoms with Gasteiger partial charge in [-0.25, -0.2) is 0 Å². The van der Waals surface area contributed by atoms with E-state index in [1.807, 2.05) is 38.1 Å². The van der Waals surface area contributed by atoms with Crippen molar-refractivity contribution in [2.75, 3.05) is 6.61 Å². The third kappa shape index (κ3) is 4.30. The molecule has 0 heterocycles. The van der Waals surface area contributed by atoms with Crippen molar-refractivity contribution in [1.29, 1.82) is 0 Å². The summed E-state index contributed by atoms with van der Waals surface area (Å²) in [6, 6.07) is 12.1. The number of benzene rings is 2. The molecule has 2 aromatic rings. The van der Waals surface area contributed by atoms with Crippen molar-refractivity contribution in [3.63, 3.8) is 0 Å². The first-order valence-corrected chi connectivity index (χ1v) is 6.42. The minimum atomic E-state index is 0.0411. The predicted molar refractivity (Wildman–Crippen MR) is 77.3 cm³/mol. The van der Waals surface area contributed by atoms with Gasteiger partial charge in [0.2, 0.25) is 0 Å². The molecule has 0 saturated heterocycles. The zero-order valence-corrected chi connectivity index (χ0v) is 11.3. The molecule has 0 aliphatic carbocycles. The smallest absolute Gasteiger partial charge is 0.119 e. The Hall–Kier alpha value is -2.00. The molecule has 0 aromatic heterocycles. The molecule has 19 heavy (non-hydrogen) atoms. The highest BCUT2D eigenvalue weighted by Crippen LogP contribution is 2.28. The largest absolute Gasteiger partial charge is 0.508 e. The fourth-order valence-electron chi connectivity index (χ4n) is 1.75. The van der Waals surface area contributed by atoms with Crippen LogP contribution in [0.2, 0.25) is 0 Å². The maximum atomic E-state index is 9.40. The molecule has 0 bridgehead atoms. The number of hydrogen-bond donors (Lipinski definition) is 3. The van der Waals surface area contributed by atoms with Crippen LogP contribution in [0.25, 0.3) is 11.1 Å². The van der Waals surface area contributed by atoms with Gasteiger partial charge in [0.1, 0.15) is 11.5 Å². The first-order valence-electron chi connectivity index (χ1n) is 6.42. The topological polar surface area (TPSA) is 60.7 Å². The maximum Gasteiger partial charge on any atom is 0.119 e. The zero-order valence-electron chi connectivity index (χ0n) is 11.3. The fraction of sp³-hybridized carbons (Fsp3) is 0.250. The molecular formula is C16H20O3. The van der Waals surface area contributed by atoms with Crippen LogP contribution in [0.5, 0.6) is 11.5 Å². The van der Waals surface area contributed by atoms with E-state index in [0.29, 0.717) is 6.42 Å². The molecule has 3 N–H and O–H groups in total. The highest BCUT2D eigenvalue weighted by molar-refractivity contribution is 5.67. The fourth-order valence-corrected chi connectivity index (χ4v) is 1.75. The minimum absolute atomic E-state index is 0.0411. The number of aliphatic hydroxyl groups is 1. The summed E-state index contributed by atoms with van der Waals surface area (Å²) >= 11 is 0. The van der Waals surface area contributed by atoms with Crippen molar-refractivity contribution in [2.45, 2.75) is 20.3 Å². The van der Waals surface area contributed by atoms with Gasteiger partial charge in [-0.3, -0.25) is 0 Å². The first kappa shape index (κ1) is 15.1. The SMILES string of the molecule is CC.OCCc1ccc(-c2cc(O)cc(O)c2)cc1. The Labute approximate surface area is 113 Å². The number of aliphatic hydroxyl groups excluding tert-OH is 1.